The van der Waals surface area contributed by atoms with Crippen LogP contribution in [0.5, 0.6) is 0 Å². The van der Waals surface area contributed by atoms with Crippen LogP contribution in [0.15, 0.2) is 0 Å². The van der Waals surface area contributed by atoms with E-state index in [0.29, 0.717) is 13.0 Å². The SMILES string of the molecule is COC(=O)C1(CC(F)(F)F)CCCNC1. The molecule has 0 aromatic rings. The number of carbonyl (C=O) groups is 1. The molecule has 1 saturated heterocycles. The molecule has 1 fully saturated rings. The summed E-state index contributed by atoms with van der Waals surface area (Å²) in [7, 11) is 1.12. The third-order valence-electron chi connectivity index (χ3n) is 2.63. The molecule has 0 amide bonds. The van der Waals surface area contributed by atoms with E-state index in [-0.39, 0.29) is 13.0 Å². The van der Waals surface area contributed by atoms with Gasteiger partial charge in [-0.25, -0.2) is 0 Å². The standard InChI is InChI=1S/C9H14F3NO2/c1-15-7(14)8(5-9(10,11)12)3-2-4-13-6-8/h13H,2-6H2,1H3. The van der Waals surface area contributed by atoms with Gasteiger partial charge in [0, 0.05) is 6.54 Å². The van der Waals surface area contributed by atoms with Crippen molar-refractivity contribution in [1.29, 1.82) is 0 Å². The van der Waals surface area contributed by atoms with Crippen molar-refractivity contribution >= 4 is 5.97 Å². The summed E-state index contributed by atoms with van der Waals surface area (Å²) in [6, 6.07) is 0. The summed E-state index contributed by atoms with van der Waals surface area (Å²) in [5, 5.41) is 2.81. The first-order valence-corrected chi connectivity index (χ1v) is 4.75. The third kappa shape index (κ3) is 3.09. The van der Waals surface area contributed by atoms with E-state index in [9.17, 15) is 18.0 Å². The Morgan fingerprint density at radius 3 is 2.60 bits per heavy atom. The maximum Gasteiger partial charge on any atom is 0.390 e. The number of nitrogens with one attached hydrogen (secondary N) is 1. The highest BCUT2D eigenvalue weighted by Gasteiger charge is 2.49. The summed E-state index contributed by atoms with van der Waals surface area (Å²) < 4.78 is 41.5. The quantitative estimate of drug-likeness (QED) is 0.723. The summed E-state index contributed by atoms with van der Waals surface area (Å²) in [6.45, 7) is 0.690. The van der Waals surface area contributed by atoms with Crippen LogP contribution in [0, 0.1) is 5.41 Å². The first-order chi connectivity index (χ1) is 6.90. The number of piperidine rings is 1. The summed E-state index contributed by atoms with van der Waals surface area (Å²) >= 11 is 0. The highest BCUT2D eigenvalue weighted by molar-refractivity contribution is 5.77. The normalized spacial score (nSPS) is 27.5. The zero-order valence-electron chi connectivity index (χ0n) is 8.49. The van der Waals surface area contributed by atoms with Gasteiger partial charge < -0.3 is 10.1 Å². The molecule has 0 bridgehead atoms. The van der Waals surface area contributed by atoms with Crippen molar-refractivity contribution in [2.24, 2.45) is 5.41 Å². The molecule has 1 heterocycles. The van der Waals surface area contributed by atoms with Crippen LogP contribution in [0.3, 0.4) is 0 Å². The second-order valence-corrected chi connectivity index (χ2v) is 3.84. The van der Waals surface area contributed by atoms with Gasteiger partial charge in [-0.1, -0.05) is 0 Å². The fourth-order valence-electron chi connectivity index (χ4n) is 1.97. The van der Waals surface area contributed by atoms with Crippen LogP contribution < -0.4 is 5.32 Å². The molecule has 15 heavy (non-hydrogen) atoms. The number of hydrogen-bond acceptors (Lipinski definition) is 3. The lowest BCUT2D eigenvalue weighted by Crippen LogP contribution is -2.48. The molecule has 1 N–H and O–H groups in total. The maximum absolute atomic E-state index is 12.3. The van der Waals surface area contributed by atoms with Gasteiger partial charge in [-0.15, -0.1) is 0 Å². The molecule has 1 atom stereocenters. The van der Waals surface area contributed by atoms with E-state index in [2.05, 4.69) is 10.1 Å². The average molecular weight is 225 g/mol. The Morgan fingerprint density at radius 1 is 1.53 bits per heavy atom. The second-order valence-electron chi connectivity index (χ2n) is 3.84. The molecule has 3 nitrogen and oxygen atoms in total. The van der Waals surface area contributed by atoms with Crippen LogP contribution >= 0.6 is 0 Å². The number of methoxy groups -OCH3 is 1. The van der Waals surface area contributed by atoms with Crippen molar-refractivity contribution < 1.29 is 22.7 Å². The van der Waals surface area contributed by atoms with Crippen LogP contribution in [0.25, 0.3) is 0 Å². The molecule has 0 saturated carbocycles. The zero-order chi connectivity index (χ0) is 11.5. The number of hydrogen-bond donors (Lipinski definition) is 1. The fourth-order valence-corrected chi connectivity index (χ4v) is 1.97. The Hall–Kier alpha value is -0.780. The first kappa shape index (κ1) is 12.3. The van der Waals surface area contributed by atoms with Crippen molar-refractivity contribution in [1.82, 2.24) is 5.32 Å². The summed E-state index contributed by atoms with van der Waals surface area (Å²) in [4.78, 5) is 11.4. The molecule has 0 aromatic heterocycles. The summed E-state index contributed by atoms with van der Waals surface area (Å²) in [5.41, 5.74) is -1.43. The Morgan fingerprint density at radius 2 is 2.20 bits per heavy atom. The van der Waals surface area contributed by atoms with E-state index >= 15 is 0 Å². The molecule has 0 aromatic carbocycles. The van der Waals surface area contributed by atoms with E-state index in [1.165, 1.54) is 0 Å². The van der Waals surface area contributed by atoms with Gasteiger partial charge in [-0.2, -0.15) is 13.2 Å². The lowest BCUT2D eigenvalue weighted by molar-refractivity contribution is -0.183. The van der Waals surface area contributed by atoms with Crippen molar-refractivity contribution in [2.45, 2.75) is 25.4 Å². The van der Waals surface area contributed by atoms with Gasteiger partial charge >= 0.3 is 12.1 Å². The van der Waals surface area contributed by atoms with Crippen molar-refractivity contribution in [2.75, 3.05) is 20.2 Å². The minimum absolute atomic E-state index is 0.0409. The zero-order valence-corrected chi connectivity index (χ0v) is 8.49. The molecule has 0 spiro atoms. The van der Waals surface area contributed by atoms with Crippen LogP contribution in [0.1, 0.15) is 19.3 Å². The molecule has 1 unspecified atom stereocenters. The molecule has 0 aliphatic carbocycles. The highest BCUT2D eigenvalue weighted by Crippen LogP contribution is 2.39. The summed E-state index contributed by atoms with van der Waals surface area (Å²) in [6.07, 6.45) is -4.66. The molecule has 6 heteroatoms. The minimum Gasteiger partial charge on any atom is -0.469 e. The average Bonchev–Trinajstić information content (AvgIpc) is 2.15. The van der Waals surface area contributed by atoms with E-state index in [4.69, 9.17) is 0 Å². The Labute approximate surface area is 86.0 Å². The second kappa shape index (κ2) is 4.38. The Kier molecular flexibility index (Phi) is 3.59. The number of ether oxygens (including phenoxy) is 1. The third-order valence-corrected chi connectivity index (χ3v) is 2.63. The molecule has 1 rings (SSSR count). The molecule has 0 radical (unpaired) electrons. The summed E-state index contributed by atoms with van der Waals surface area (Å²) in [5.74, 6) is -0.771. The monoisotopic (exact) mass is 225 g/mol. The van der Waals surface area contributed by atoms with Crippen molar-refractivity contribution in [3.05, 3.63) is 0 Å². The molecular weight excluding hydrogens is 211 g/mol. The van der Waals surface area contributed by atoms with Crippen LogP contribution in [0.2, 0.25) is 0 Å². The smallest absolute Gasteiger partial charge is 0.390 e. The number of carbonyl (C=O) groups excluding carboxylic acids is 1. The molecular formula is C9H14F3NO2. The Balaban J connectivity index is 2.80. The van der Waals surface area contributed by atoms with E-state index in [0.717, 1.165) is 7.11 Å². The Bertz CT molecular complexity index is 234. The first-order valence-electron chi connectivity index (χ1n) is 4.75. The number of alkyl halides is 3. The topological polar surface area (TPSA) is 38.3 Å². The molecule has 88 valence electrons. The van der Waals surface area contributed by atoms with Gasteiger partial charge in [0.2, 0.25) is 0 Å². The predicted molar refractivity (Wildman–Crippen MR) is 47.2 cm³/mol. The van der Waals surface area contributed by atoms with Gasteiger partial charge in [-0.05, 0) is 19.4 Å². The lowest BCUT2D eigenvalue weighted by atomic mass is 9.77. The lowest BCUT2D eigenvalue weighted by Gasteiger charge is -2.35. The number of esters is 1. The van der Waals surface area contributed by atoms with Crippen molar-refractivity contribution in [3.8, 4) is 0 Å². The van der Waals surface area contributed by atoms with Gasteiger partial charge in [0.15, 0.2) is 0 Å². The minimum atomic E-state index is -4.34. The maximum atomic E-state index is 12.3. The predicted octanol–water partition coefficient (Wildman–Crippen LogP) is 1.48. The molecule has 1 aliphatic heterocycles. The van der Waals surface area contributed by atoms with E-state index in [1.807, 2.05) is 0 Å². The van der Waals surface area contributed by atoms with Crippen LogP contribution in [-0.4, -0.2) is 32.3 Å². The van der Waals surface area contributed by atoms with Crippen LogP contribution in [0.4, 0.5) is 13.2 Å². The van der Waals surface area contributed by atoms with Gasteiger partial charge in [0.25, 0.3) is 0 Å². The van der Waals surface area contributed by atoms with Gasteiger partial charge in [-0.3, -0.25) is 4.79 Å². The van der Waals surface area contributed by atoms with E-state index < -0.39 is 24.0 Å². The fraction of sp³-hybridized carbons (Fsp3) is 0.889. The van der Waals surface area contributed by atoms with E-state index in [1.54, 1.807) is 0 Å². The van der Waals surface area contributed by atoms with Gasteiger partial charge in [0.05, 0.1) is 18.9 Å². The van der Waals surface area contributed by atoms with Crippen molar-refractivity contribution in [3.63, 3.8) is 0 Å². The molecule has 1 aliphatic rings. The highest BCUT2D eigenvalue weighted by atomic mass is 19.4. The number of halogens is 3. The van der Waals surface area contributed by atoms with Crippen LogP contribution in [-0.2, 0) is 9.53 Å². The largest absolute Gasteiger partial charge is 0.469 e. The number of rotatable bonds is 2. The van der Waals surface area contributed by atoms with Gasteiger partial charge in [0.1, 0.15) is 0 Å².